The molecular weight excluding hydrogens is 153 g/mol. The molecule has 0 aromatic rings. The summed E-state index contributed by atoms with van der Waals surface area (Å²) in [5.74, 6) is 0.961. The highest BCUT2D eigenvalue weighted by atomic mass is 19.1. The summed E-state index contributed by atoms with van der Waals surface area (Å²) in [5, 5.41) is 3.27. The van der Waals surface area contributed by atoms with Crippen LogP contribution in [0.5, 0.6) is 0 Å². The van der Waals surface area contributed by atoms with E-state index in [1.807, 2.05) is 0 Å². The van der Waals surface area contributed by atoms with Crippen molar-refractivity contribution in [2.75, 3.05) is 19.8 Å². The van der Waals surface area contributed by atoms with Gasteiger partial charge in [-0.1, -0.05) is 25.7 Å². The van der Waals surface area contributed by atoms with Gasteiger partial charge < -0.3 is 5.32 Å². The molecule has 12 heavy (non-hydrogen) atoms. The predicted molar refractivity (Wildman–Crippen MR) is 50.0 cm³/mol. The maximum absolute atomic E-state index is 11.7. The van der Waals surface area contributed by atoms with Crippen molar-refractivity contribution in [1.82, 2.24) is 5.32 Å². The molecule has 1 saturated carbocycles. The Kier molecular flexibility index (Phi) is 5.33. The van der Waals surface area contributed by atoms with E-state index in [0.717, 1.165) is 19.0 Å². The first-order valence-electron chi connectivity index (χ1n) is 5.20. The van der Waals surface area contributed by atoms with Gasteiger partial charge in [0.15, 0.2) is 0 Å². The van der Waals surface area contributed by atoms with Gasteiger partial charge in [0.25, 0.3) is 0 Å². The van der Waals surface area contributed by atoms with Crippen LogP contribution in [0.25, 0.3) is 0 Å². The summed E-state index contributed by atoms with van der Waals surface area (Å²) in [4.78, 5) is 0. The van der Waals surface area contributed by atoms with Crippen molar-refractivity contribution in [1.29, 1.82) is 0 Å². The fourth-order valence-electron chi connectivity index (χ4n) is 1.92. The summed E-state index contributed by atoms with van der Waals surface area (Å²) in [6, 6.07) is 0. The average Bonchev–Trinajstić information content (AvgIpc) is 2.57. The number of nitrogens with one attached hydrogen (secondary N) is 1. The molecular formula is C10H20FN. The molecule has 0 aromatic carbocycles. The Morgan fingerprint density at radius 1 is 1.17 bits per heavy atom. The Morgan fingerprint density at radius 2 is 1.92 bits per heavy atom. The molecule has 2 heteroatoms. The molecule has 0 aliphatic heterocycles. The summed E-state index contributed by atoms with van der Waals surface area (Å²) in [5.41, 5.74) is 0. The van der Waals surface area contributed by atoms with E-state index in [-0.39, 0.29) is 6.67 Å². The quantitative estimate of drug-likeness (QED) is 0.609. The van der Waals surface area contributed by atoms with Crippen molar-refractivity contribution < 1.29 is 4.39 Å². The third-order valence-corrected chi connectivity index (χ3v) is 2.69. The maximum Gasteiger partial charge on any atom is 0.0906 e. The minimum atomic E-state index is -0.184. The molecule has 0 radical (unpaired) electrons. The number of hydrogen-bond acceptors (Lipinski definition) is 1. The van der Waals surface area contributed by atoms with E-state index in [2.05, 4.69) is 5.32 Å². The first-order valence-corrected chi connectivity index (χ1v) is 5.20. The van der Waals surface area contributed by atoms with Crippen molar-refractivity contribution in [3.63, 3.8) is 0 Å². The van der Waals surface area contributed by atoms with Crippen LogP contribution in [0.2, 0.25) is 0 Å². The van der Waals surface area contributed by atoms with Gasteiger partial charge >= 0.3 is 0 Å². The van der Waals surface area contributed by atoms with E-state index in [1.165, 1.54) is 32.1 Å². The zero-order chi connectivity index (χ0) is 8.65. The molecule has 1 rings (SSSR count). The van der Waals surface area contributed by atoms with Crippen LogP contribution in [0, 0.1) is 5.92 Å². The van der Waals surface area contributed by atoms with Crippen molar-refractivity contribution in [3.8, 4) is 0 Å². The minimum absolute atomic E-state index is 0.184. The summed E-state index contributed by atoms with van der Waals surface area (Å²) < 4.78 is 11.7. The third kappa shape index (κ3) is 4.05. The zero-order valence-electron chi connectivity index (χ0n) is 7.82. The summed E-state index contributed by atoms with van der Waals surface area (Å²) in [6.45, 7) is 1.75. The van der Waals surface area contributed by atoms with Crippen LogP contribution in [-0.2, 0) is 0 Å². The largest absolute Gasteiger partial charge is 0.317 e. The highest BCUT2D eigenvalue weighted by molar-refractivity contribution is 4.67. The number of alkyl halides is 1. The summed E-state index contributed by atoms with van der Waals surface area (Å²) in [6.07, 6.45) is 7.66. The minimum Gasteiger partial charge on any atom is -0.317 e. The van der Waals surface area contributed by atoms with Crippen LogP contribution in [0.1, 0.15) is 38.5 Å². The molecule has 1 aliphatic rings. The van der Waals surface area contributed by atoms with Gasteiger partial charge in [-0.2, -0.15) is 0 Å². The Balaban J connectivity index is 1.81. The molecule has 0 amide bonds. The standard InChI is InChI=1S/C10H20FN/c11-7-3-8-12-9-6-10-4-1-2-5-10/h10,12H,1-9H2. The second-order valence-corrected chi connectivity index (χ2v) is 3.73. The van der Waals surface area contributed by atoms with E-state index in [9.17, 15) is 4.39 Å². The van der Waals surface area contributed by atoms with Gasteiger partial charge in [-0.15, -0.1) is 0 Å². The number of rotatable bonds is 6. The molecule has 0 bridgehead atoms. The third-order valence-electron chi connectivity index (χ3n) is 2.69. The Labute approximate surface area is 74.7 Å². The van der Waals surface area contributed by atoms with E-state index < -0.39 is 0 Å². The zero-order valence-corrected chi connectivity index (χ0v) is 7.82. The summed E-state index contributed by atoms with van der Waals surface area (Å²) in [7, 11) is 0. The van der Waals surface area contributed by atoms with Crippen LogP contribution in [0.15, 0.2) is 0 Å². The van der Waals surface area contributed by atoms with Gasteiger partial charge in [-0.25, -0.2) is 0 Å². The molecule has 1 aliphatic carbocycles. The molecule has 1 fully saturated rings. The fraction of sp³-hybridized carbons (Fsp3) is 1.00. The fourth-order valence-corrected chi connectivity index (χ4v) is 1.92. The predicted octanol–water partition coefficient (Wildman–Crippen LogP) is 2.52. The normalized spacial score (nSPS) is 18.8. The SMILES string of the molecule is FCCCNCCC1CCCC1. The van der Waals surface area contributed by atoms with Crippen molar-refractivity contribution in [2.45, 2.75) is 38.5 Å². The molecule has 0 aromatic heterocycles. The van der Waals surface area contributed by atoms with Crippen molar-refractivity contribution >= 4 is 0 Å². The van der Waals surface area contributed by atoms with Crippen LogP contribution < -0.4 is 5.32 Å². The van der Waals surface area contributed by atoms with Crippen molar-refractivity contribution in [3.05, 3.63) is 0 Å². The highest BCUT2D eigenvalue weighted by Gasteiger charge is 2.13. The molecule has 72 valence electrons. The second-order valence-electron chi connectivity index (χ2n) is 3.73. The van der Waals surface area contributed by atoms with Gasteiger partial charge in [0, 0.05) is 0 Å². The lowest BCUT2D eigenvalue weighted by Gasteiger charge is -2.08. The lowest BCUT2D eigenvalue weighted by atomic mass is 10.0. The molecule has 1 nitrogen and oxygen atoms in total. The Morgan fingerprint density at radius 3 is 2.58 bits per heavy atom. The van der Waals surface area contributed by atoms with Gasteiger partial charge in [0.1, 0.15) is 0 Å². The van der Waals surface area contributed by atoms with Gasteiger partial charge in [-0.3, -0.25) is 4.39 Å². The van der Waals surface area contributed by atoms with Crippen LogP contribution in [0.3, 0.4) is 0 Å². The second kappa shape index (κ2) is 6.41. The molecule has 0 heterocycles. The van der Waals surface area contributed by atoms with Crippen LogP contribution in [-0.4, -0.2) is 19.8 Å². The van der Waals surface area contributed by atoms with E-state index in [0.29, 0.717) is 6.42 Å². The van der Waals surface area contributed by atoms with Gasteiger partial charge in [-0.05, 0) is 31.8 Å². The van der Waals surface area contributed by atoms with E-state index in [4.69, 9.17) is 0 Å². The smallest absolute Gasteiger partial charge is 0.0906 e. The lowest BCUT2D eigenvalue weighted by Crippen LogP contribution is -2.19. The van der Waals surface area contributed by atoms with Crippen LogP contribution >= 0.6 is 0 Å². The van der Waals surface area contributed by atoms with Gasteiger partial charge in [0.05, 0.1) is 6.67 Å². The highest BCUT2D eigenvalue weighted by Crippen LogP contribution is 2.26. The monoisotopic (exact) mass is 173 g/mol. The maximum atomic E-state index is 11.7. The first-order chi connectivity index (χ1) is 5.93. The first kappa shape index (κ1) is 9.97. The number of halogens is 1. The lowest BCUT2D eigenvalue weighted by molar-refractivity contribution is 0.440. The molecule has 0 saturated heterocycles. The molecule has 0 spiro atoms. The van der Waals surface area contributed by atoms with Crippen molar-refractivity contribution in [2.24, 2.45) is 5.92 Å². The average molecular weight is 173 g/mol. The Hall–Kier alpha value is -0.110. The summed E-state index contributed by atoms with van der Waals surface area (Å²) >= 11 is 0. The Bertz CT molecular complexity index is 100. The molecule has 0 unspecified atom stereocenters. The number of hydrogen-bond donors (Lipinski definition) is 1. The topological polar surface area (TPSA) is 12.0 Å². The van der Waals surface area contributed by atoms with Crippen LogP contribution in [0.4, 0.5) is 4.39 Å². The van der Waals surface area contributed by atoms with Gasteiger partial charge in [0.2, 0.25) is 0 Å². The molecule has 0 atom stereocenters. The van der Waals surface area contributed by atoms with E-state index in [1.54, 1.807) is 0 Å². The molecule has 1 N–H and O–H groups in total. The van der Waals surface area contributed by atoms with E-state index >= 15 is 0 Å².